The van der Waals surface area contributed by atoms with Crippen molar-refractivity contribution in [2.24, 2.45) is 0 Å². The second-order valence-corrected chi connectivity index (χ2v) is 6.91. The van der Waals surface area contributed by atoms with Gasteiger partial charge in [-0.25, -0.2) is 14.5 Å². The van der Waals surface area contributed by atoms with E-state index < -0.39 is 0 Å². The predicted octanol–water partition coefficient (Wildman–Crippen LogP) is 1.76. The standard InChI is InChI=1S/C18H22N6O2/c1-11-12(2)20-16-9-14(21-24(16)17(11)25)15-5-4-7-23(15)18(26)13(3)22-8-6-19-10-22/h6,8-10,13,15,21H,4-5,7H2,1-3H3/t13-,15+/m0/s1. The number of aromatic nitrogens is 5. The van der Waals surface area contributed by atoms with E-state index in [0.717, 1.165) is 24.2 Å². The van der Waals surface area contributed by atoms with Crippen molar-refractivity contribution >= 4 is 11.6 Å². The Morgan fingerprint density at radius 2 is 2.19 bits per heavy atom. The summed E-state index contributed by atoms with van der Waals surface area (Å²) in [5, 5.41) is 3.16. The van der Waals surface area contributed by atoms with Gasteiger partial charge in [-0.2, -0.15) is 0 Å². The number of aryl methyl sites for hydroxylation is 1. The molecule has 1 N–H and O–H groups in total. The summed E-state index contributed by atoms with van der Waals surface area (Å²) in [5.41, 5.74) is 2.71. The number of nitrogens with one attached hydrogen (secondary N) is 1. The lowest BCUT2D eigenvalue weighted by atomic mass is 10.1. The quantitative estimate of drug-likeness (QED) is 0.776. The lowest BCUT2D eigenvalue weighted by molar-refractivity contribution is -0.135. The molecule has 4 heterocycles. The molecule has 0 aromatic carbocycles. The molecule has 1 saturated heterocycles. The fraction of sp³-hybridized carbons (Fsp3) is 0.444. The molecule has 0 saturated carbocycles. The van der Waals surface area contributed by atoms with Crippen LogP contribution in [0.25, 0.3) is 5.65 Å². The average molecular weight is 354 g/mol. The topological polar surface area (TPSA) is 88.3 Å². The molecule has 1 aliphatic heterocycles. The molecule has 2 atom stereocenters. The fourth-order valence-corrected chi connectivity index (χ4v) is 3.63. The highest BCUT2D eigenvalue weighted by Crippen LogP contribution is 2.33. The average Bonchev–Trinajstić information content (AvgIpc) is 3.37. The Kier molecular flexibility index (Phi) is 3.90. The van der Waals surface area contributed by atoms with Crippen molar-refractivity contribution in [3.63, 3.8) is 0 Å². The summed E-state index contributed by atoms with van der Waals surface area (Å²) in [7, 11) is 0. The third-order valence-electron chi connectivity index (χ3n) is 5.33. The van der Waals surface area contributed by atoms with E-state index >= 15 is 0 Å². The summed E-state index contributed by atoms with van der Waals surface area (Å²) in [6.07, 6.45) is 6.92. The molecule has 8 heteroatoms. The van der Waals surface area contributed by atoms with Crippen LogP contribution in [0.3, 0.4) is 0 Å². The third kappa shape index (κ3) is 2.53. The van der Waals surface area contributed by atoms with Gasteiger partial charge in [0.2, 0.25) is 5.91 Å². The molecule has 8 nitrogen and oxygen atoms in total. The summed E-state index contributed by atoms with van der Waals surface area (Å²) in [4.78, 5) is 35.9. The summed E-state index contributed by atoms with van der Waals surface area (Å²) in [5.74, 6) is 0.0526. The summed E-state index contributed by atoms with van der Waals surface area (Å²) in [6.45, 7) is 6.19. The number of H-pyrrole nitrogens is 1. The molecule has 1 fully saturated rings. The van der Waals surface area contributed by atoms with Crippen molar-refractivity contribution in [1.29, 1.82) is 0 Å². The van der Waals surface area contributed by atoms with Crippen LogP contribution in [-0.2, 0) is 4.79 Å². The van der Waals surface area contributed by atoms with Crippen LogP contribution in [0.1, 0.15) is 48.8 Å². The molecule has 0 radical (unpaired) electrons. The van der Waals surface area contributed by atoms with E-state index in [1.165, 1.54) is 4.52 Å². The van der Waals surface area contributed by atoms with Gasteiger partial charge in [-0.05, 0) is 33.6 Å². The smallest absolute Gasteiger partial charge is 0.275 e. The van der Waals surface area contributed by atoms with E-state index in [1.807, 2.05) is 29.4 Å². The van der Waals surface area contributed by atoms with Crippen LogP contribution in [0.2, 0.25) is 0 Å². The first-order valence-electron chi connectivity index (χ1n) is 8.84. The van der Waals surface area contributed by atoms with Gasteiger partial charge in [0.05, 0.1) is 18.1 Å². The Morgan fingerprint density at radius 3 is 2.92 bits per heavy atom. The summed E-state index contributed by atoms with van der Waals surface area (Å²) < 4.78 is 3.28. The van der Waals surface area contributed by atoms with Gasteiger partial charge in [0.25, 0.3) is 5.56 Å². The molecule has 3 aromatic rings. The van der Waals surface area contributed by atoms with Crippen LogP contribution in [0.5, 0.6) is 0 Å². The van der Waals surface area contributed by atoms with Gasteiger partial charge >= 0.3 is 0 Å². The normalized spacial score (nSPS) is 18.6. The zero-order chi connectivity index (χ0) is 18.4. The molecule has 136 valence electrons. The van der Waals surface area contributed by atoms with Gasteiger partial charge < -0.3 is 9.47 Å². The lowest BCUT2D eigenvalue weighted by Gasteiger charge is -2.27. The number of carbonyl (C=O) groups excluding carboxylic acids is 1. The van der Waals surface area contributed by atoms with Gasteiger partial charge in [-0.1, -0.05) is 0 Å². The van der Waals surface area contributed by atoms with Gasteiger partial charge in [0.15, 0.2) is 5.65 Å². The van der Waals surface area contributed by atoms with Crippen LogP contribution in [0.4, 0.5) is 0 Å². The second kappa shape index (κ2) is 6.12. The lowest BCUT2D eigenvalue weighted by Crippen LogP contribution is -2.35. The Morgan fingerprint density at radius 1 is 1.38 bits per heavy atom. The number of rotatable bonds is 3. The van der Waals surface area contributed by atoms with Gasteiger partial charge in [0, 0.05) is 36.3 Å². The first-order valence-corrected chi connectivity index (χ1v) is 8.84. The number of aromatic amines is 1. The molecule has 1 amide bonds. The van der Waals surface area contributed by atoms with Crippen LogP contribution >= 0.6 is 0 Å². The molecule has 26 heavy (non-hydrogen) atoms. The molecule has 3 aromatic heterocycles. The Hall–Kier alpha value is -2.90. The number of hydrogen-bond donors (Lipinski definition) is 1. The Balaban J connectivity index is 1.68. The van der Waals surface area contributed by atoms with Crippen molar-refractivity contribution in [2.45, 2.75) is 45.7 Å². The SMILES string of the molecule is Cc1nc2cc([C@H]3CCCN3C(=O)[C@H](C)n3ccnc3)[nH]n2c(=O)c1C. The zero-order valence-electron chi connectivity index (χ0n) is 15.1. The van der Waals surface area contributed by atoms with E-state index in [0.29, 0.717) is 17.8 Å². The van der Waals surface area contributed by atoms with Crippen molar-refractivity contribution in [3.05, 3.63) is 52.1 Å². The Labute approximate surface area is 150 Å². The van der Waals surface area contributed by atoms with Gasteiger partial charge in [-0.3, -0.25) is 14.7 Å². The van der Waals surface area contributed by atoms with E-state index in [4.69, 9.17) is 0 Å². The molecule has 4 rings (SSSR count). The summed E-state index contributed by atoms with van der Waals surface area (Å²) >= 11 is 0. The second-order valence-electron chi connectivity index (χ2n) is 6.91. The van der Waals surface area contributed by atoms with Crippen LogP contribution in [0, 0.1) is 13.8 Å². The maximum atomic E-state index is 13.0. The molecule has 0 spiro atoms. The highest BCUT2D eigenvalue weighted by Gasteiger charge is 2.34. The highest BCUT2D eigenvalue weighted by molar-refractivity contribution is 5.80. The molecular formula is C18H22N6O2. The van der Waals surface area contributed by atoms with E-state index in [-0.39, 0.29) is 23.6 Å². The van der Waals surface area contributed by atoms with Gasteiger partial charge in [0.1, 0.15) is 6.04 Å². The first kappa shape index (κ1) is 16.6. The van der Waals surface area contributed by atoms with Crippen molar-refractivity contribution in [2.75, 3.05) is 6.54 Å². The van der Waals surface area contributed by atoms with Crippen molar-refractivity contribution < 1.29 is 4.79 Å². The number of hydrogen-bond acceptors (Lipinski definition) is 4. The van der Waals surface area contributed by atoms with Crippen molar-refractivity contribution in [1.82, 2.24) is 29.0 Å². The minimum absolute atomic E-state index is 0.0526. The number of nitrogens with zero attached hydrogens (tertiary/aromatic N) is 5. The number of likely N-dealkylation sites (tertiary alicyclic amines) is 1. The van der Waals surface area contributed by atoms with Crippen molar-refractivity contribution in [3.8, 4) is 0 Å². The molecule has 0 bridgehead atoms. The van der Waals surface area contributed by atoms with E-state index in [1.54, 1.807) is 25.6 Å². The molecule has 0 aliphatic carbocycles. The minimum atomic E-state index is -0.312. The van der Waals surface area contributed by atoms with E-state index in [9.17, 15) is 9.59 Å². The number of imidazole rings is 1. The first-order chi connectivity index (χ1) is 12.5. The van der Waals surface area contributed by atoms with E-state index in [2.05, 4.69) is 15.1 Å². The predicted molar refractivity (Wildman–Crippen MR) is 95.9 cm³/mol. The van der Waals surface area contributed by atoms with Crippen LogP contribution < -0.4 is 5.56 Å². The third-order valence-corrected chi connectivity index (χ3v) is 5.33. The fourth-order valence-electron chi connectivity index (χ4n) is 3.63. The summed E-state index contributed by atoms with van der Waals surface area (Å²) in [6, 6.07) is 1.49. The largest absolute Gasteiger partial charge is 0.332 e. The number of carbonyl (C=O) groups is 1. The maximum Gasteiger partial charge on any atom is 0.275 e. The maximum absolute atomic E-state index is 13.0. The Bertz CT molecular complexity index is 1020. The number of amides is 1. The van der Waals surface area contributed by atoms with Gasteiger partial charge in [-0.15, -0.1) is 0 Å². The number of fused-ring (bicyclic) bond motifs is 1. The molecule has 0 unspecified atom stereocenters. The minimum Gasteiger partial charge on any atom is -0.332 e. The molecule has 1 aliphatic rings. The van der Waals surface area contributed by atoms with Crippen LogP contribution in [-0.4, -0.2) is 41.5 Å². The zero-order valence-corrected chi connectivity index (χ0v) is 15.1. The molecular weight excluding hydrogens is 332 g/mol. The monoisotopic (exact) mass is 354 g/mol. The highest BCUT2D eigenvalue weighted by atomic mass is 16.2. The van der Waals surface area contributed by atoms with Crippen LogP contribution in [0.15, 0.2) is 29.6 Å².